The molecule has 2 heterocycles. The molecule has 0 aliphatic rings. The number of nitrogens with one attached hydrogen (secondary N) is 2. The van der Waals surface area contributed by atoms with E-state index in [2.05, 4.69) is 25.0 Å². The molecule has 0 saturated carbocycles. The number of aryl methyl sites for hydroxylation is 2. The van der Waals surface area contributed by atoms with Crippen molar-refractivity contribution in [3.63, 3.8) is 0 Å². The van der Waals surface area contributed by atoms with Crippen LogP contribution in [0.25, 0.3) is 0 Å². The van der Waals surface area contributed by atoms with Gasteiger partial charge in [-0.3, -0.25) is 5.43 Å². The molecule has 0 unspecified atom stereocenters. The fourth-order valence-corrected chi connectivity index (χ4v) is 3.87. The van der Waals surface area contributed by atoms with Gasteiger partial charge in [0, 0.05) is 11.4 Å². The van der Waals surface area contributed by atoms with E-state index in [4.69, 9.17) is 0 Å². The summed E-state index contributed by atoms with van der Waals surface area (Å²) in [7, 11) is -2.77. The van der Waals surface area contributed by atoms with Crippen molar-refractivity contribution < 1.29 is 17.9 Å². The van der Waals surface area contributed by atoms with Crippen LogP contribution in [0.1, 0.15) is 21.1 Å². The average molecular weight is 342 g/mol. The molecule has 0 radical (unpaired) electrons. The summed E-state index contributed by atoms with van der Waals surface area (Å²) in [5, 5.41) is 1.49. The molecule has 0 spiro atoms. The lowest BCUT2D eigenvalue weighted by Gasteiger charge is -2.09. The Kier molecular flexibility index (Phi) is 4.74. The van der Waals surface area contributed by atoms with E-state index in [1.165, 1.54) is 18.6 Å². The zero-order chi connectivity index (χ0) is 16.3. The van der Waals surface area contributed by atoms with Gasteiger partial charge in [0.1, 0.15) is 9.77 Å². The monoisotopic (exact) mass is 342 g/mol. The minimum absolute atomic E-state index is 0.00172. The van der Waals surface area contributed by atoms with Crippen LogP contribution in [-0.4, -0.2) is 31.5 Å². The Morgan fingerprint density at radius 1 is 1.27 bits per heavy atom. The summed E-state index contributed by atoms with van der Waals surface area (Å²) < 4.78 is 29.1. The molecule has 0 saturated heterocycles. The molecule has 22 heavy (non-hydrogen) atoms. The maximum absolute atomic E-state index is 12.2. The van der Waals surface area contributed by atoms with Crippen LogP contribution in [0.5, 0.6) is 0 Å². The van der Waals surface area contributed by atoms with Gasteiger partial charge in [-0.15, -0.1) is 16.2 Å². The molecule has 2 rings (SSSR count). The second-order valence-corrected chi connectivity index (χ2v) is 6.88. The van der Waals surface area contributed by atoms with Crippen molar-refractivity contribution in [1.82, 2.24) is 14.8 Å². The van der Waals surface area contributed by atoms with E-state index in [1.54, 1.807) is 19.9 Å². The van der Waals surface area contributed by atoms with Crippen LogP contribution < -0.4 is 10.3 Å². The summed E-state index contributed by atoms with van der Waals surface area (Å²) in [6, 6.07) is 3.08. The predicted octanol–water partition coefficient (Wildman–Crippen LogP) is 1.25. The first-order valence-corrected chi connectivity index (χ1v) is 8.45. The number of thiophene rings is 1. The molecule has 0 bridgehead atoms. The maximum Gasteiger partial charge on any atom is 0.349 e. The van der Waals surface area contributed by atoms with Crippen molar-refractivity contribution in [2.45, 2.75) is 18.7 Å². The molecule has 2 N–H and O–H groups in total. The minimum Gasteiger partial charge on any atom is -0.465 e. The molecule has 0 amide bonds. The van der Waals surface area contributed by atoms with E-state index >= 15 is 0 Å². The van der Waals surface area contributed by atoms with Gasteiger partial charge in [0.05, 0.1) is 7.11 Å². The van der Waals surface area contributed by atoms with Gasteiger partial charge >= 0.3 is 5.97 Å². The largest absolute Gasteiger partial charge is 0.465 e. The van der Waals surface area contributed by atoms with Gasteiger partial charge in [-0.05, 0) is 31.4 Å². The van der Waals surface area contributed by atoms with Gasteiger partial charge in [0.15, 0.2) is 0 Å². The summed E-state index contributed by atoms with van der Waals surface area (Å²) in [4.78, 5) is 21.6. The Bertz CT molecular complexity index is 781. The number of methoxy groups -OCH3 is 1. The van der Waals surface area contributed by atoms with Crippen molar-refractivity contribution in [2.75, 3.05) is 12.5 Å². The number of esters is 1. The number of hydrazine groups is 1. The number of nitrogens with zero attached hydrogens (tertiary/aromatic N) is 2. The predicted molar refractivity (Wildman–Crippen MR) is 81.1 cm³/mol. The minimum atomic E-state index is -3.96. The average Bonchev–Trinajstić information content (AvgIpc) is 2.94. The lowest BCUT2D eigenvalue weighted by atomic mass is 10.4. The summed E-state index contributed by atoms with van der Waals surface area (Å²) >= 11 is 0.983. The number of sulfonamides is 1. The van der Waals surface area contributed by atoms with Crippen LogP contribution in [0, 0.1) is 13.8 Å². The Labute approximate surface area is 131 Å². The highest BCUT2D eigenvalue weighted by Gasteiger charge is 2.24. The number of hydrogen-bond donors (Lipinski definition) is 2. The Morgan fingerprint density at radius 2 is 1.91 bits per heavy atom. The van der Waals surface area contributed by atoms with Crippen molar-refractivity contribution in [3.05, 3.63) is 33.8 Å². The number of ether oxygens (including phenoxy) is 1. The van der Waals surface area contributed by atoms with Crippen LogP contribution in [-0.2, 0) is 14.8 Å². The second kappa shape index (κ2) is 6.38. The Hall–Kier alpha value is -2.04. The first-order chi connectivity index (χ1) is 10.3. The standard InChI is InChI=1S/C12H14N4O4S2/c1-7-6-8(2)14-12(13-7)15-16-22(18,19)9-4-5-21-10(9)11(17)20-3/h4-6,16H,1-3H3,(H,13,14,15). The molecule has 0 fully saturated rings. The van der Waals surface area contributed by atoms with Crippen LogP contribution >= 0.6 is 11.3 Å². The van der Waals surface area contributed by atoms with Crippen LogP contribution in [0.15, 0.2) is 22.4 Å². The topological polar surface area (TPSA) is 110 Å². The van der Waals surface area contributed by atoms with E-state index in [0.717, 1.165) is 11.3 Å². The van der Waals surface area contributed by atoms with Gasteiger partial charge in [-0.25, -0.2) is 23.2 Å². The van der Waals surface area contributed by atoms with Crippen LogP contribution in [0.3, 0.4) is 0 Å². The molecule has 8 nitrogen and oxygen atoms in total. The van der Waals surface area contributed by atoms with Crippen molar-refractivity contribution >= 4 is 33.3 Å². The number of anilines is 1. The maximum atomic E-state index is 12.2. The highest BCUT2D eigenvalue weighted by atomic mass is 32.2. The van der Waals surface area contributed by atoms with Crippen molar-refractivity contribution in [1.29, 1.82) is 0 Å². The van der Waals surface area contributed by atoms with E-state index in [9.17, 15) is 13.2 Å². The first kappa shape index (κ1) is 16.3. The number of carbonyl (C=O) groups excluding carboxylic acids is 1. The normalized spacial score (nSPS) is 11.2. The highest BCUT2D eigenvalue weighted by Crippen LogP contribution is 2.22. The molecule has 0 atom stereocenters. The zero-order valence-electron chi connectivity index (χ0n) is 12.1. The smallest absolute Gasteiger partial charge is 0.349 e. The van der Waals surface area contributed by atoms with Crippen LogP contribution in [0.2, 0.25) is 0 Å². The molecular formula is C12H14N4O4S2. The summed E-state index contributed by atoms with van der Waals surface area (Å²) in [6.07, 6.45) is 0. The van der Waals surface area contributed by atoms with Gasteiger partial charge in [-0.2, -0.15) is 0 Å². The van der Waals surface area contributed by atoms with Crippen molar-refractivity contribution in [3.8, 4) is 0 Å². The molecule has 2 aromatic rings. The summed E-state index contributed by atoms with van der Waals surface area (Å²) in [5.41, 5.74) is 3.82. The van der Waals surface area contributed by atoms with Gasteiger partial charge in [0.2, 0.25) is 5.95 Å². The van der Waals surface area contributed by atoms with E-state index < -0.39 is 16.0 Å². The van der Waals surface area contributed by atoms with Gasteiger partial charge in [-0.1, -0.05) is 0 Å². The third kappa shape index (κ3) is 3.59. The molecule has 118 valence electrons. The fraction of sp³-hybridized carbons (Fsp3) is 0.250. The Balaban J connectivity index is 2.22. The molecule has 0 aliphatic carbocycles. The highest BCUT2D eigenvalue weighted by molar-refractivity contribution is 7.89. The molecule has 10 heteroatoms. The fourth-order valence-electron chi connectivity index (χ4n) is 1.70. The van der Waals surface area contributed by atoms with Crippen LogP contribution in [0.4, 0.5) is 5.95 Å². The molecular weight excluding hydrogens is 328 g/mol. The molecule has 0 aliphatic heterocycles. The Morgan fingerprint density at radius 3 is 2.50 bits per heavy atom. The number of carbonyl (C=O) groups is 1. The van der Waals surface area contributed by atoms with E-state index in [-0.39, 0.29) is 15.7 Å². The zero-order valence-corrected chi connectivity index (χ0v) is 13.7. The third-order valence-electron chi connectivity index (χ3n) is 2.57. The third-order valence-corrected chi connectivity index (χ3v) is 4.88. The van der Waals surface area contributed by atoms with E-state index in [1.807, 2.05) is 0 Å². The van der Waals surface area contributed by atoms with E-state index in [0.29, 0.717) is 11.4 Å². The van der Waals surface area contributed by atoms with Crippen molar-refractivity contribution in [2.24, 2.45) is 0 Å². The second-order valence-electron chi connectivity index (χ2n) is 4.31. The molecule has 0 aromatic carbocycles. The van der Waals surface area contributed by atoms with Gasteiger partial charge in [0.25, 0.3) is 10.0 Å². The number of rotatable bonds is 5. The quantitative estimate of drug-likeness (QED) is 0.621. The molecule has 2 aromatic heterocycles. The number of aromatic nitrogens is 2. The number of hydrogen-bond acceptors (Lipinski definition) is 8. The lowest BCUT2D eigenvalue weighted by Crippen LogP contribution is -2.31. The lowest BCUT2D eigenvalue weighted by molar-refractivity contribution is 0.0602. The SMILES string of the molecule is COC(=O)c1sccc1S(=O)(=O)NNc1nc(C)cc(C)n1. The summed E-state index contributed by atoms with van der Waals surface area (Å²) in [6.45, 7) is 3.53. The summed E-state index contributed by atoms with van der Waals surface area (Å²) in [5.74, 6) is -0.589. The first-order valence-electron chi connectivity index (χ1n) is 6.09. The van der Waals surface area contributed by atoms with Gasteiger partial charge < -0.3 is 4.74 Å².